The van der Waals surface area contributed by atoms with Crippen LogP contribution in [0, 0.1) is 0 Å². The minimum absolute atomic E-state index is 0.124. The number of amides is 2. The summed E-state index contributed by atoms with van der Waals surface area (Å²) in [7, 11) is 1.54. The van der Waals surface area contributed by atoms with Crippen molar-refractivity contribution in [2.24, 2.45) is 12.0 Å². The molecule has 0 unspecified atom stereocenters. The van der Waals surface area contributed by atoms with Crippen molar-refractivity contribution in [2.45, 2.75) is 32.3 Å². The molecule has 4 heterocycles. The molecule has 0 aliphatic carbocycles. The van der Waals surface area contributed by atoms with E-state index >= 15 is 0 Å². The van der Waals surface area contributed by atoms with Gasteiger partial charge in [-0.15, -0.1) is 0 Å². The Labute approximate surface area is 278 Å². The molecule has 6 rings (SSSR count). The SMILES string of the molecule is C=NCC(C)(C)c1ccc2c(c1)CCN(c1cccc(-c3cc(Nc4ccc(C(=O)N5CCOCC5)cn4)c(=O)n(C)n3)c1CO)C2=O. The van der Waals surface area contributed by atoms with E-state index < -0.39 is 0 Å². The van der Waals surface area contributed by atoms with Gasteiger partial charge in [0.25, 0.3) is 17.4 Å². The molecule has 0 radical (unpaired) electrons. The summed E-state index contributed by atoms with van der Waals surface area (Å²) >= 11 is 0. The molecule has 2 aliphatic rings. The van der Waals surface area contributed by atoms with Crippen molar-refractivity contribution < 1.29 is 19.4 Å². The monoisotopic (exact) mass is 649 g/mol. The number of nitrogens with one attached hydrogen (secondary N) is 1. The second kappa shape index (κ2) is 13.5. The molecule has 12 heteroatoms. The second-order valence-corrected chi connectivity index (χ2v) is 12.6. The van der Waals surface area contributed by atoms with Crippen molar-refractivity contribution in [3.63, 3.8) is 0 Å². The first kappa shape index (κ1) is 32.7. The summed E-state index contributed by atoms with van der Waals surface area (Å²) in [5.74, 6) is 0.108. The molecule has 48 heavy (non-hydrogen) atoms. The predicted molar refractivity (Wildman–Crippen MR) is 184 cm³/mol. The zero-order valence-electron chi connectivity index (χ0n) is 27.4. The highest BCUT2D eigenvalue weighted by Gasteiger charge is 2.30. The van der Waals surface area contributed by atoms with Crippen LogP contribution in [0.15, 0.2) is 70.6 Å². The number of hydrogen-bond acceptors (Lipinski definition) is 9. The van der Waals surface area contributed by atoms with E-state index in [4.69, 9.17) is 4.74 Å². The summed E-state index contributed by atoms with van der Waals surface area (Å²) in [4.78, 5) is 51.7. The number of aliphatic hydroxyl groups excluding tert-OH is 1. The molecule has 0 atom stereocenters. The molecule has 2 aliphatic heterocycles. The number of benzene rings is 2. The number of aryl methyl sites for hydroxylation is 1. The van der Waals surface area contributed by atoms with Gasteiger partial charge in [0, 0.05) is 61.5 Å². The average Bonchev–Trinajstić information content (AvgIpc) is 3.10. The van der Waals surface area contributed by atoms with Gasteiger partial charge in [0.1, 0.15) is 11.5 Å². The lowest BCUT2D eigenvalue weighted by Crippen LogP contribution is -2.40. The number of ether oxygens (including phenoxy) is 1. The van der Waals surface area contributed by atoms with E-state index in [0.29, 0.717) is 85.3 Å². The number of rotatable bonds is 9. The van der Waals surface area contributed by atoms with Crippen LogP contribution < -0.4 is 15.8 Å². The third kappa shape index (κ3) is 6.36. The number of hydrogen-bond donors (Lipinski definition) is 2. The number of morpholine rings is 1. The second-order valence-electron chi connectivity index (χ2n) is 12.6. The summed E-state index contributed by atoms with van der Waals surface area (Å²) in [6, 6.07) is 16.3. The van der Waals surface area contributed by atoms with Gasteiger partial charge in [-0.25, -0.2) is 9.67 Å². The predicted octanol–water partition coefficient (Wildman–Crippen LogP) is 3.73. The van der Waals surface area contributed by atoms with Gasteiger partial charge in [-0.1, -0.05) is 38.1 Å². The van der Waals surface area contributed by atoms with E-state index in [1.807, 2.05) is 24.3 Å². The van der Waals surface area contributed by atoms with E-state index in [1.165, 1.54) is 10.9 Å². The number of fused-ring (bicyclic) bond motifs is 1. The molecule has 2 aromatic heterocycles. The minimum atomic E-state index is -0.384. The van der Waals surface area contributed by atoms with Crippen LogP contribution in [0.25, 0.3) is 11.3 Å². The van der Waals surface area contributed by atoms with Gasteiger partial charge in [-0.3, -0.25) is 14.4 Å². The van der Waals surface area contributed by atoms with E-state index in [1.54, 1.807) is 41.1 Å². The molecular formula is C36H39N7O5. The van der Waals surface area contributed by atoms with Crippen LogP contribution in [0.3, 0.4) is 0 Å². The number of carbonyl (C=O) groups is 2. The number of aliphatic hydroxyl groups is 1. The maximum Gasteiger partial charge on any atom is 0.290 e. The molecule has 248 valence electrons. The fraction of sp³-hybridized carbons (Fsp3) is 0.333. The number of anilines is 3. The Morgan fingerprint density at radius 1 is 1.06 bits per heavy atom. The quantitative estimate of drug-likeness (QED) is 0.261. The lowest BCUT2D eigenvalue weighted by Gasteiger charge is -2.32. The number of aromatic nitrogens is 3. The summed E-state index contributed by atoms with van der Waals surface area (Å²) in [5, 5.41) is 18.2. The Balaban J connectivity index is 1.27. The van der Waals surface area contributed by atoms with Gasteiger partial charge in [0.15, 0.2) is 0 Å². The van der Waals surface area contributed by atoms with Gasteiger partial charge in [0.2, 0.25) is 0 Å². The zero-order valence-corrected chi connectivity index (χ0v) is 27.4. The van der Waals surface area contributed by atoms with Crippen LogP contribution in [0.5, 0.6) is 0 Å². The van der Waals surface area contributed by atoms with Crippen molar-refractivity contribution in [1.29, 1.82) is 0 Å². The van der Waals surface area contributed by atoms with Gasteiger partial charge in [-0.05, 0) is 54.6 Å². The Kier molecular flexibility index (Phi) is 9.20. The molecular weight excluding hydrogens is 610 g/mol. The third-order valence-electron chi connectivity index (χ3n) is 8.98. The number of nitrogens with zero attached hydrogens (tertiary/aromatic N) is 6. The van der Waals surface area contributed by atoms with E-state index in [-0.39, 0.29) is 35.1 Å². The Hall–Kier alpha value is -5.20. The summed E-state index contributed by atoms with van der Waals surface area (Å²) in [6.45, 7) is 10.6. The third-order valence-corrected chi connectivity index (χ3v) is 8.98. The van der Waals surface area contributed by atoms with Crippen molar-refractivity contribution >= 4 is 35.7 Å². The molecule has 4 aromatic rings. The molecule has 2 amide bonds. The van der Waals surface area contributed by atoms with E-state index in [2.05, 4.69) is 47.0 Å². The summed E-state index contributed by atoms with van der Waals surface area (Å²) in [6.07, 6.45) is 2.13. The zero-order chi connectivity index (χ0) is 34.0. The van der Waals surface area contributed by atoms with Crippen molar-refractivity contribution in [3.05, 3.63) is 99.0 Å². The topological polar surface area (TPSA) is 142 Å². The summed E-state index contributed by atoms with van der Waals surface area (Å²) < 4.78 is 6.54. The molecule has 0 saturated carbocycles. The molecule has 2 aromatic carbocycles. The van der Waals surface area contributed by atoms with Gasteiger partial charge in [0.05, 0.1) is 36.8 Å². The first-order valence-electron chi connectivity index (χ1n) is 15.9. The molecule has 0 bridgehead atoms. The number of aliphatic imine (C=N–C) groups is 1. The maximum atomic E-state index is 13.8. The van der Waals surface area contributed by atoms with Crippen LogP contribution in [0.2, 0.25) is 0 Å². The van der Waals surface area contributed by atoms with Crippen LogP contribution in [-0.2, 0) is 30.2 Å². The van der Waals surface area contributed by atoms with Gasteiger partial charge < -0.3 is 30.0 Å². The van der Waals surface area contributed by atoms with E-state index in [0.717, 1.165) is 11.1 Å². The lowest BCUT2D eigenvalue weighted by atomic mass is 9.82. The highest BCUT2D eigenvalue weighted by Crippen LogP contribution is 2.35. The fourth-order valence-electron chi connectivity index (χ4n) is 6.25. The Morgan fingerprint density at radius 3 is 2.56 bits per heavy atom. The normalized spacial score (nSPS) is 14.9. The smallest absolute Gasteiger partial charge is 0.290 e. The molecule has 0 spiro atoms. The highest BCUT2D eigenvalue weighted by atomic mass is 16.5. The minimum Gasteiger partial charge on any atom is -0.392 e. The van der Waals surface area contributed by atoms with Crippen molar-refractivity contribution in [2.75, 3.05) is 49.6 Å². The number of carbonyl (C=O) groups excluding carboxylic acids is 2. The van der Waals surface area contributed by atoms with Crippen LogP contribution in [0.4, 0.5) is 17.2 Å². The Morgan fingerprint density at radius 2 is 1.85 bits per heavy atom. The fourth-order valence-corrected chi connectivity index (χ4v) is 6.25. The van der Waals surface area contributed by atoms with Gasteiger partial charge >= 0.3 is 0 Å². The summed E-state index contributed by atoms with van der Waals surface area (Å²) in [5.41, 5.74) is 4.89. The first-order valence-corrected chi connectivity index (χ1v) is 15.9. The van der Waals surface area contributed by atoms with Crippen molar-refractivity contribution in [1.82, 2.24) is 19.7 Å². The standard InChI is InChI=1S/C36H39N7O5/c1-36(2,22-37-3)25-9-10-26-23(18-25)12-13-43(34(26)46)31-7-5-6-27(28(31)21-44)29-19-30(35(47)41(4)40-29)39-32-11-8-24(20-38-32)33(45)42-14-16-48-17-15-42/h5-11,18-20,44H,3,12-17,21-22H2,1-2,4H3,(H,38,39). The first-order chi connectivity index (χ1) is 23.1. The van der Waals surface area contributed by atoms with Crippen LogP contribution in [-0.4, -0.2) is 82.7 Å². The Bertz CT molecular complexity index is 1930. The molecule has 1 fully saturated rings. The van der Waals surface area contributed by atoms with Crippen LogP contribution >= 0.6 is 0 Å². The van der Waals surface area contributed by atoms with Crippen LogP contribution in [0.1, 0.15) is 51.3 Å². The highest BCUT2D eigenvalue weighted by molar-refractivity contribution is 6.09. The lowest BCUT2D eigenvalue weighted by molar-refractivity contribution is 0.0302. The molecule has 12 nitrogen and oxygen atoms in total. The van der Waals surface area contributed by atoms with Crippen molar-refractivity contribution in [3.8, 4) is 11.3 Å². The molecule has 2 N–H and O–H groups in total. The maximum absolute atomic E-state index is 13.8. The van der Waals surface area contributed by atoms with E-state index in [9.17, 15) is 19.5 Å². The molecule has 1 saturated heterocycles. The largest absolute Gasteiger partial charge is 0.392 e. The number of pyridine rings is 1. The van der Waals surface area contributed by atoms with Gasteiger partial charge in [-0.2, -0.15) is 5.10 Å². The average molecular weight is 650 g/mol.